The van der Waals surface area contributed by atoms with Crippen molar-refractivity contribution in [2.75, 3.05) is 11.4 Å². The molecule has 2 aromatic heterocycles. The fourth-order valence-electron chi connectivity index (χ4n) is 4.84. The number of aliphatic imine (C=N–C) groups is 1. The minimum atomic E-state index is -0.235. The standard InChI is InChI=1S/C30H41ClN6OS/c1-10-23(24-16-21(31)14-15-32-24)33-20(4)34-26(11-2)39-36-28(38)22-12-13-25(29(5,6)7)35-27(22)37-18-19(3)17-30(37,8)9/h11-16,19,23,33H,2,4,10,17-18H2,1,3,5-9H3,(H,36,38)/b34-26+. The Labute approximate surface area is 242 Å². The number of halogens is 1. The van der Waals surface area contributed by atoms with Gasteiger partial charge in [-0.15, -0.1) is 0 Å². The van der Waals surface area contributed by atoms with E-state index in [2.05, 4.69) is 79.6 Å². The Morgan fingerprint density at radius 3 is 2.64 bits per heavy atom. The van der Waals surface area contributed by atoms with E-state index in [4.69, 9.17) is 16.6 Å². The number of amides is 1. The first-order chi connectivity index (χ1) is 18.2. The third kappa shape index (κ3) is 7.85. The van der Waals surface area contributed by atoms with Crippen LogP contribution in [0.15, 0.2) is 60.5 Å². The Morgan fingerprint density at radius 1 is 1.36 bits per heavy atom. The summed E-state index contributed by atoms with van der Waals surface area (Å²) in [5.74, 6) is 1.43. The lowest BCUT2D eigenvalue weighted by Crippen LogP contribution is -2.40. The second-order valence-electron chi connectivity index (χ2n) is 11.7. The molecule has 0 spiro atoms. The lowest BCUT2D eigenvalue weighted by Gasteiger charge is -2.34. The van der Waals surface area contributed by atoms with Crippen LogP contribution in [0, 0.1) is 5.92 Å². The fraction of sp³-hybridized carbons (Fsp3) is 0.467. The van der Waals surface area contributed by atoms with Gasteiger partial charge in [0, 0.05) is 46.4 Å². The van der Waals surface area contributed by atoms with Crippen LogP contribution in [-0.4, -0.2) is 33.0 Å². The maximum atomic E-state index is 13.5. The van der Waals surface area contributed by atoms with E-state index in [1.807, 2.05) is 25.1 Å². The average molecular weight is 569 g/mol. The van der Waals surface area contributed by atoms with Crippen molar-refractivity contribution in [3.05, 3.63) is 77.5 Å². The highest BCUT2D eigenvalue weighted by atomic mass is 35.5. The van der Waals surface area contributed by atoms with Gasteiger partial charge < -0.3 is 10.2 Å². The molecule has 2 unspecified atom stereocenters. The lowest BCUT2D eigenvalue weighted by atomic mass is 9.91. The van der Waals surface area contributed by atoms with Crippen LogP contribution in [-0.2, 0) is 5.41 Å². The monoisotopic (exact) mass is 568 g/mol. The lowest BCUT2D eigenvalue weighted by molar-refractivity contribution is 0.0984. The molecule has 0 aromatic carbocycles. The molecule has 3 heterocycles. The number of anilines is 1. The van der Waals surface area contributed by atoms with Gasteiger partial charge in [0.15, 0.2) is 0 Å². The van der Waals surface area contributed by atoms with Crippen molar-refractivity contribution in [2.24, 2.45) is 10.9 Å². The first-order valence-corrected chi connectivity index (χ1v) is 14.5. The van der Waals surface area contributed by atoms with Gasteiger partial charge in [0.25, 0.3) is 5.91 Å². The summed E-state index contributed by atoms with van der Waals surface area (Å²) in [5.41, 5.74) is 2.06. The maximum Gasteiger partial charge on any atom is 0.265 e. The van der Waals surface area contributed by atoms with E-state index in [1.54, 1.807) is 18.3 Å². The number of aromatic nitrogens is 2. The van der Waals surface area contributed by atoms with Crippen molar-refractivity contribution >= 4 is 40.3 Å². The smallest absolute Gasteiger partial charge is 0.265 e. The van der Waals surface area contributed by atoms with Crippen LogP contribution >= 0.6 is 23.5 Å². The van der Waals surface area contributed by atoms with Crippen molar-refractivity contribution in [1.82, 2.24) is 20.0 Å². The number of hydrogen-bond acceptors (Lipinski definition) is 7. The summed E-state index contributed by atoms with van der Waals surface area (Å²) in [6.07, 6.45) is 5.07. The molecule has 0 aliphatic carbocycles. The number of nitrogens with one attached hydrogen (secondary N) is 2. The van der Waals surface area contributed by atoms with Crippen molar-refractivity contribution in [3.63, 3.8) is 0 Å². The zero-order chi connectivity index (χ0) is 29.0. The molecule has 1 aliphatic rings. The summed E-state index contributed by atoms with van der Waals surface area (Å²) >= 11 is 7.23. The zero-order valence-corrected chi connectivity index (χ0v) is 25.7. The number of hydrogen-bond donors (Lipinski definition) is 2. The van der Waals surface area contributed by atoms with Crippen molar-refractivity contribution in [3.8, 4) is 0 Å². The quantitative estimate of drug-likeness (QED) is 0.199. The predicted molar refractivity (Wildman–Crippen MR) is 165 cm³/mol. The third-order valence-corrected chi connectivity index (χ3v) is 7.72. The highest BCUT2D eigenvalue weighted by Gasteiger charge is 2.39. The van der Waals surface area contributed by atoms with Gasteiger partial charge in [-0.2, -0.15) is 0 Å². The summed E-state index contributed by atoms with van der Waals surface area (Å²) in [4.78, 5) is 29.7. The third-order valence-electron chi connectivity index (χ3n) is 6.73. The molecule has 39 heavy (non-hydrogen) atoms. The minimum absolute atomic E-state index is 0.101. The molecule has 7 nitrogen and oxygen atoms in total. The summed E-state index contributed by atoms with van der Waals surface area (Å²) in [5, 5.41) is 4.41. The Bertz CT molecular complexity index is 1250. The molecule has 1 saturated heterocycles. The minimum Gasteiger partial charge on any atom is -0.362 e. The summed E-state index contributed by atoms with van der Waals surface area (Å²) < 4.78 is 2.93. The molecule has 3 rings (SSSR count). The van der Waals surface area contributed by atoms with Gasteiger partial charge in [-0.05, 0) is 62.9 Å². The number of pyridine rings is 2. The second-order valence-corrected chi connectivity index (χ2v) is 13.0. The molecule has 1 amide bonds. The van der Waals surface area contributed by atoms with E-state index in [9.17, 15) is 4.79 Å². The number of carbonyl (C=O) groups is 1. The van der Waals surface area contributed by atoms with Crippen molar-refractivity contribution in [1.29, 1.82) is 0 Å². The van der Waals surface area contributed by atoms with Crippen LogP contribution in [0.4, 0.5) is 5.82 Å². The van der Waals surface area contributed by atoms with Crippen LogP contribution in [0.25, 0.3) is 0 Å². The summed E-state index contributed by atoms with van der Waals surface area (Å²) in [6.45, 7) is 23.8. The second kappa shape index (κ2) is 12.6. The molecular weight excluding hydrogens is 528 g/mol. The first-order valence-electron chi connectivity index (χ1n) is 13.3. The van der Waals surface area contributed by atoms with Gasteiger partial charge in [-0.3, -0.25) is 14.5 Å². The van der Waals surface area contributed by atoms with Crippen molar-refractivity contribution in [2.45, 2.75) is 78.3 Å². The average Bonchev–Trinajstić information content (AvgIpc) is 3.15. The van der Waals surface area contributed by atoms with Crippen LogP contribution in [0.1, 0.15) is 89.1 Å². The molecule has 2 aromatic rings. The highest BCUT2D eigenvalue weighted by molar-refractivity contribution is 8.13. The van der Waals surface area contributed by atoms with E-state index in [0.717, 1.165) is 48.5 Å². The molecule has 0 radical (unpaired) electrons. The van der Waals surface area contributed by atoms with Gasteiger partial charge in [-0.25, -0.2) is 9.98 Å². The Morgan fingerprint density at radius 2 is 2.08 bits per heavy atom. The van der Waals surface area contributed by atoms with E-state index >= 15 is 0 Å². The molecule has 9 heteroatoms. The van der Waals surface area contributed by atoms with Crippen LogP contribution < -0.4 is 14.9 Å². The Balaban J connectivity index is 1.78. The highest BCUT2D eigenvalue weighted by Crippen LogP contribution is 2.38. The van der Waals surface area contributed by atoms with E-state index in [-0.39, 0.29) is 22.9 Å². The van der Waals surface area contributed by atoms with Crippen molar-refractivity contribution < 1.29 is 4.79 Å². The van der Waals surface area contributed by atoms with E-state index < -0.39 is 0 Å². The van der Waals surface area contributed by atoms with Gasteiger partial charge >= 0.3 is 0 Å². The number of nitrogens with zero attached hydrogens (tertiary/aromatic N) is 4. The molecule has 1 aliphatic heterocycles. The van der Waals surface area contributed by atoms with Gasteiger partial charge in [0.1, 0.15) is 16.7 Å². The molecule has 1 fully saturated rings. The fourth-order valence-corrected chi connectivity index (χ4v) is 5.55. The Hall–Kier alpha value is -2.84. The van der Waals surface area contributed by atoms with Gasteiger partial charge in [0.05, 0.1) is 17.3 Å². The van der Waals surface area contributed by atoms with Crippen LogP contribution in [0.5, 0.6) is 0 Å². The molecule has 210 valence electrons. The maximum absolute atomic E-state index is 13.5. The van der Waals surface area contributed by atoms with Gasteiger partial charge in [0.2, 0.25) is 0 Å². The SMILES string of the molecule is C=C/C(=N\C(=C)NC(CC)c1cc(Cl)ccn1)SNC(=O)c1ccc(C(C)(C)C)nc1N1CC(C)CC1(C)C. The van der Waals surface area contributed by atoms with E-state index in [1.165, 1.54) is 0 Å². The van der Waals surface area contributed by atoms with Gasteiger partial charge in [-0.1, -0.05) is 59.4 Å². The first kappa shape index (κ1) is 30.7. The largest absolute Gasteiger partial charge is 0.362 e. The summed E-state index contributed by atoms with van der Waals surface area (Å²) in [6, 6.07) is 7.28. The van der Waals surface area contributed by atoms with E-state index in [0.29, 0.717) is 27.4 Å². The predicted octanol–water partition coefficient (Wildman–Crippen LogP) is 7.23. The number of carbonyl (C=O) groups excluding carboxylic acids is 1. The molecular formula is C30H41ClN6OS. The normalized spacial score (nSPS) is 18.0. The van der Waals surface area contributed by atoms with Crippen LogP contribution in [0.3, 0.4) is 0 Å². The molecule has 0 saturated carbocycles. The molecule has 2 N–H and O–H groups in total. The van der Waals surface area contributed by atoms with Crippen LogP contribution in [0.2, 0.25) is 5.02 Å². The topological polar surface area (TPSA) is 82.5 Å². The summed E-state index contributed by atoms with van der Waals surface area (Å²) in [7, 11) is 0. The molecule has 0 bridgehead atoms. The zero-order valence-electron chi connectivity index (χ0n) is 24.1. The molecule has 2 atom stereocenters. The Kier molecular flexibility index (Phi) is 9.88. The number of rotatable bonds is 8.